The molecule has 3 N–H and O–H groups in total. The Kier molecular flexibility index (Phi) is 7.02. The van der Waals surface area contributed by atoms with Crippen molar-refractivity contribution in [3.8, 4) is 0 Å². The standard InChI is InChI=1S/C35H39N3O6/c1-3-5-7-24-22-10-9-21-20-13-15-35(31(21)30(22)33(41)43-24)25(8-6-4-2)44-34(42)32(35)29(20)23(19-14-16-37-26(36)17-19)18-38-27(39)11-12-28(38)40/h7-8,11-12,14,17,20-21,23,31,37H,3-6,9-10,13,15-16,18,36H2,1-2H3/b24-7-,25-8-/t20-,21-,23+,31+,35-/m0/s1. The number of dihydropyridines is 1. The summed E-state index contributed by atoms with van der Waals surface area (Å²) in [6, 6.07) is 0. The molecule has 2 bridgehead atoms. The topological polar surface area (TPSA) is 128 Å². The average molecular weight is 598 g/mol. The third-order valence-corrected chi connectivity index (χ3v) is 10.6. The van der Waals surface area contributed by atoms with Gasteiger partial charge >= 0.3 is 11.9 Å². The van der Waals surface area contributed by atoms with E-state index in [1.807, 2.05) is 24.3 Å². The number of rotatable bonds is 8. The van der Waals surface area contributed by atoms with Gasteiger partial charge in [-0.15, -0.1) is 0 Å². The molecular weight excluding hydrogens is 558 g/mol. The van der Waals surface area contributed by atoms with Gasteiger partial charge in [-0.2, -0.15) is 0 Å². The minimum Gasteiger partial charge on any atom is -0.427 e. The van der Waals surface area contributed by atoms with Crippen LogP contribution in [-0.2, 0) is 28.7 Å². The van der Waals surface area contributed by atoms with Crippen molar-refractivity contribution in [3.63, 3.8) is 0 Å². The van der Waals surface area contributed by atoms with Crippen LogP contribution in [0.15, 0.2) is 81.7 Å². The molecule has 5 atom stereocenters. The predicted molar refractivity (Wildman–Crippen MR) is 161 cm³/mol. The van der Waals surface area contributed by atoms with Crippen molar-refractivity contribution in [2.24, 2.45) is 34.8 Å². The van der Waals surface area contributed by atoms with E-state index in [4.69, 9.17) is 15.2 Å². The number of cyclic esters (lactones) is 2. The first-order chi connectivity index (χ1) is 21.3. The number of esters is 2. The summed E-state index contributed by atoms with van der Waals surface area (Å²) in [7, 11) is 0. The van der Waals surface area contributed by atoms with Gasteiger partial charge in [-0.3, -0.25) is 14.5 Å². The number of fused-ring (bicyclic) bond motifs is 1. The number of carbonyl (C=O) groups excluding carboxylic acids is 4. The van der Waals surface area contributed by atoms with Gasteiger partial charge in [0.15, 0.2) is 0 Å². The Bertz CT molecular complexity index is 1570. The second kappa shape index (κ2) is 10.8. The van der Waals surface area contributed by atoms with E-state index in [9.17, 15) is 19.2 Å². The number of imide groups is 1. The molecule has 8 rings (SSSR count). The molecule has 2 amide bonds. The Morgan fingerprint density at radius 2 is 1.80 bits per heavy atom. The molecule has 9 nitrogen and oxygen atoms in total. The molecule has 0 aromatic rings. The molecule has 0 unspecified atom stereocenters. The number of nitrogens with zero attached hydrogens (tertiary/aromatic N) is 1. The molecule has 2 fully saturated rings. The molecule has 9 heteroatoms. The minimum atomic E-state index is -0.806. The van der Waals surface area contributed by atoms with Crippen LogP contribution in [0, 0.1) is 29.1 Å². The third-order valence-electron chi connectivity index (χ3n) is 10.6. The highest BCUT2D eigenvalue weighted by atomic mass is 16.5. The number of unbranched alkanes of at least 4 members (excludes halogenated alkanes) is 2. The van der Waals surface area contributed by atoms with Crippen LogP contribution in [-0.4, -0.2) is 41.7 Å². The highest BCUT2D eigenvalue weighted by molar-refractivity contribution is 6.13. The second-order valence-corrected chi connectivity index (χ2v) is 12.9. The van der Waals surface area contributed by atoms with Crippen LogP contribution >= 0.6 is 0 Å². The summed E-state index contributed by atoms with van der Waals surface area (Å²) in [6.45, 7) is 4.79. The van der Waals surface area contributed by atoms with Crippen LogP contribution in [0.4, 0.5) is 0 Å². The Morgan fingerprint density at radius 1 is 1.05 bits per heavy atom. The van der Waals surface area contributed by atoms with Crippen molar-refractivity contribution in [2.75, 3.05) is 13.1 Å². The maximum atomic E-state index is 14.2. The fraction of sp³-hybridized carbons (Fsp3) is 0.486. The lowest BCUT2D eigenvalue weighted by atomic mass is 9.43. The maximum absolute atomic E-state index is 14.2. The number of hydrogen-bond acceptors (Lipinski definition) is 8. The molecule has 0 aromatic heterocycles. The van der Waals surface area contributed by atoms with Gasteiger partial charge in [-0.1, -0.05) is 32.8 Å². The Balaban J connectivity index is 1.45. The van der Waals surface area contributed by atoms with E-state index >= 15 is 0 Å². The quantitative estimate of drug-likeness (QED) is 0.312. The number of allylic oxidation sites excluding steroid dienone is 5. The van der Waals surface area contributed by atoms with Gasteiger partial charge in [-0.05, 0) is 79.7 Å². The number of amides is 2. The molecule has 4 aliphatic heterocycles. The fourth-order valence-corrected chi connectivity index (χ4v) is 8.95. The number of nitrogens with one attached hydrogen (secondary N) is 1. The highest BCUT2D eigenvalue weighted by Gasteiger charge is 2.69. The van der Waals surface area contributed by atoms with Crippen LogP contribution in [0.5, 0.6) is 0 Å². The van der Waals surface area contributed by atoms with Gasteiger partial charge in [0.1, 0.15) is 11.5 Å². The van der Waals surface area contributed by atoms with E-state index in [2.05, 4.69) is 19.2 Å². The van der Waals surface area contributed by atoms with E-state index in [-0.39, 0.29) is 48.1 Å². The number of hydrogen-bond donors (Lipinski definition) is 2. The summed E-state index contributed by atoms with van der Waals surface area (Å²) in [6.07, 6.45) is 17.0. The molecule has 8 aliphatic rings. The monoisotopic (exact) mass is 597 g/mol. The van der Waals surface area contributed by atoms with Crippen molar-refractivity contribution in [2.45, 2.75) is 65.2 Å². The minimum absolute atomic E-state index is 0.0309. The van der Waals surface area contributed by atoms with Crippen LogP contribution in [0.2, 0.25) is 0 Å². The summed E-state index contributed by atoms with van der Waals surface area (Å²) in [4.78, 5) is 54.8. The maximum Gasteiger partial charge on any atom is 0.340 e. The zero-order chi connectivity index (χ0) is 30.7. The highest BCUT2D eigenvalue weighted by Crippen LogP contribution is 2.71. The first kappa shape index (κ1) is 28.6. The van der Waals surface area contributed by atoms with Crippen molar-refractivity contribution in [3.05, 3.63) is 81.7 Å². The molecule has 0 radical (unpaired) electrons. The van der Waals surface area contributed by atoms with Crippen LogP contribution in [0.1, 0.15) is 65.2 Å². The summed E-state index contributed by atoms with van der Waals surface area (Å²) < 4.78 is 12.1. The first-order valence-corrected chi connectivity index (χ1v) is 16.1. The van der Waals surface area contributed by atoms with Crippen molar-refractivity contribution in [1.82, 2.24) is 10.2 Å². The van der Waals surface area contributed by atoms with Crippen LogP contribution in [0.3, 0.4) is 0 Å². The van der Waals surface area contributed by atoms with E-state index in [0.29, 0.717) is 41.5 Å². The Labute approximate surface area is 257 Å². The number of ether oxygens (including phenoxy) is 2. The first-order valence-electron chi connectivity index (χ1n) is 16.1. The second-order valence-electron chi connectivity index (χ2n) is 12.9. The number of nitrogens with two attached hydrogens (primary N) is 1. The zero-order valence-corrected chi connectivity index (χ0v) is 25.3. The normalized spacial score (nSPS) is 33.0. The van der Waals surface area contributed by atoms with Crippen molar-refractivity contribution in [1.29, 1.82) is 0 Å². The Morgan fingerprint density at radius 3 is 2.52 bits per heavy atom. The van der Waals surface area contributed by atoms with Gasteiger partial charge in [-0.25, -0.2) is 9.59 Å². The van der Waals surface area contributed by atoms with Crippen molar-refractivity contribution < 1.29 is 28.7 Å². The summed E-state index contributed by atoms with van der Waals surface area (Å²) >= 11 is 0. The van der Waals surface area contributed by atoms with Crippen LogP contribution in [0.25, 0.3) is 0 Å². The lowest BCUT2D eigenvalue weighted by molar-refractivity contribution is -0.138. The van der Waals surface area contributed by atoms with Gasteiger partial charge in [0, 0.05) is 48.2 Å². The van der Waals surface area contributed by atoms with E-state index in [1.54, 1.807) is 0 Å². The lowest BCUT2D eigenvalue weighted by Gasteiger charge is -2.57. The summed E-state index contributed by atoms with van der Waals surface area (Å²) in [5, 5.41) is 3.12. The third kappa shape index (κ3) is 4.11. The number of carbonyl (C=O) groups is 4. The largest absolute Gasteiger partial charge is 0.427 e. The van der Waals surface area contributed by atoms with E-state index in [0.717, 1.165) is 61.7 Å². The molecule has 4 heterocycles. The molecule has 1 saturated carbocycles. The lowest BCUT2D eigenvalue weighted by Crippen LogP contribution is -2.54. The van der Waals surface area contributed by atoms with E-state index < -0.39 is 11.3 Å². The molecule has 230 valence electrons. The van der Waals surface area contributed by atoms with Gasteiger partial charge in [0.2, 0.25) is 0 Å². The molecule has 1 saturated heterocycles. The smallest absolute Gasteiger partial charge is 0.340 e. The zero-order valence-electron chi connectivity index (χ0n) is 25.3. The van der Waals surface area contributed by atoms with Gasteiger partial charge < -0.3 is 20.5 Å². The van der Waals surface area contributed by atoms with E-state index in [1.165, 1.54) is 17.1 Å². The SMILES string of the molecule is CCC/C=C1\OC(=O)C2=C1CC[C@H]1[C@@H]3CC[C@@]4(C(=C3[C@H](CN3C(=O)C=CC3=O)C3=CCNC(N)=C3)C(=O)O/C4=C\CCC)[C@@H]21. The van der Waals surface area contributed by atoms with Gasteiger partial charge in [0.05, 0.1) is 16.8 Å². The van der Waals surface area contributed by atoms with Gasteiger partial charge in [0.25, 0.3) is 11.8 Å². The van der Waals surface area contributed by atoms with Crippen molar-refractivity contribution >= 4 is 23.8 Å². The molecule has 1 spiro atoms. The van der Waals surface area contributed by atoms with Crippen LogP contribution < -0.4 is 11.1 Å². The predicted octanol–water partition coefficient (Wildman–Crippen LogP) is 4.37. The molecule has 44 heavy (non-hydrogen) atoms. The Hall–Kier alpha value is -4.14. The summed E-state index contributed by atoms with van der Waals surface area (Å²) in [5.74, 6) is -0.242. The molecular formula is C35H39N3O6. The summed E-state index contributed by atoms with van der Waals surface area (Å²) in [5.41, 5.74) is 9.53. The fourth-order valence-electron chi connectivity index (χ4n) is 8.95. The molecule has 0 aromatic carbocycles. The molecule has 4 aliphatic carbocycles. The average Bonchev–Trinajstić information content (AvgIpc) is 3.63.